The molecule has 2 heterocycles. The predicted molar refractivity (Wildman–Crippen MR) is 98.5 cm³/mol. The summed E-state index contributed by atoms with van der Waals surface area (Å²) in [6, 6.07) is 5.25. The van der Waals surface area contributed by atoms with Gasteiger partial charge in [0.05, 0.1) is 13.2 Å². The lowest BCUT2D eigenvalue weighted by Gasteiger charge is -2.38. The Morgan fingerprint density at radius 1 is 1.61 bits per heavy atom. The molecule has 2 rings (SSSR count). The van der Waals surface area contributed by atoms with E-state index in [2.05, 4.69) is 58.5 Å². The third-order valence-electron chi connectivity index (χ3n) is 4.39. The molecule has 2 atom stereocenters. The highest BCUT2D eigenvalue weighted by atomic mass is 32.1. The minimum atomic E-state index is 0.469. The van der Waals surface area contributed by atoms with Gasteiger partial charge in [-0.3, -0.25) is 9.89 Å². The van der Waals surface area contributed by atoms with Crippen LogP contribution in [0.25, 0.3) is 0 Å². The van der Waals surface area contributed by atoms with Crippen LogP contribution in [0.5, 0.6) is 0 Å². The molecule has 130 valence electrons. The zero-order chi connectivity index (χ0) is 16.7. The molecule has 1 saturated heterocycles. The number of hydrogen-bond donors (Lipinski definition) is 1. The minimum Gasteiger partial charge on any atom is -0.379 e. The first-order valence-corrected chi connectivity index (χ1v) is 9.27. The van der Waals surface area contributed by atoms with Gasteiger partial charge in [-0.25, -0.2) is 0 Å². The van der Waals surface area contributed by atoms with Crippen LogP contribution in [0, 0.1) is 0 Å². The summed E-state index contributed by atoms with van der Waals surface area (Å²) in [4.78, 5) is 10.5. The van der Waals surface area contributed by atoms with Gasteiger partial charge in [-0.05, 0) is 31.7 Å². The van der Waals surface area contributed by atoms with E-state index in [0.29, 0.717) is 12.1 Å². The second-order valence-electron chi connectivity index (χ2n) is 6.19. The third kappa shape index (κ3) is 5.48. The van der Waals surface area contributed by atoms with Crippen molar-refractivity contribution in [3.05, 3.63) is 22.4 Å². The van der Waals surface area contributed by atoms with Crippen LogP contribution in [0.3, 0.4) is 0 Å². The Balaban J connectivity index is 1.77. The maximum Gasteiger partial charge on any atom is 0.193 e. The quantitative estimate of drug-likeness (QED) is 0.635. The number of aliphatic imine (C=N–C) groups is 1. The molecule has 1 fully saturated rings. The number of thiophene rings is 1. The topological polar surface area (TPSA) is 40.1 Å². The number of nitrogens with zero attached hydrogens (tertiary/aromatic N) is 3. The van der Waals surface area contributed by atoms with Crippen LogP contribution in [0.15, 0.2) is 22.5 Å². The van der Waals surface area contributed by atoms with Crippen molar-refractivity contribution in [3.63, 3.8) is 0 Å². The van der Waals surface area contributed by atoms with Crippen molar-refractivity contribution in [2.24, 2.45) is 4.99 Å². The van der Waals surface area contributed by atoms with E-state index in [1.165, 1.54) is 4.88 Å². The first kappa shape index (κ1) is 18.2. The molecule has 1 aromatic heterocycles. The average molecular weight is 339 g/mol. The van der Waals surface area contributed by atoms with Gasteiger partial charge >= 0.3 is 0 Å². The summed E-state index contributed by atoms with van der Waals surface area (Å²) in [5.74, 6) is 0.967. The van der Waals surface area contributed by atoms with Crippen LogP contribution in [0.2, 0.25) is 0 Å². The van der Waals surface area contributed by atoms with Gasteiger partial charge in [0.2, 0.25) is 0 Å². The first-order chi connectivity index (χ1) is 11.1. The summed E-state index contributed by atoms with van der Waals surface area (Å²) < 4.78 is 5.52. The fraction of sp³-hybridized carbons (Fsp3) is 0.706. The number of likely N-dealkylation sites (N-methyl/N-ethyl adjacent to an activating group) is 1. The number of morpholine rings is 1. The molecular weight excluding hydrogens is 308 g/mol. The molecule has 1 aliphatic heterocycles. The van der Waals surface area contributed by atoms with E-state index in [9.17, 15) is 0 Å². The van der Waals surface area contributed by atoms with Crippen molar-refractivity contribution in [1.29, 1.82) is 0 Å². The molecule has 0 aliphatic carbocycles. The number of hydrogen-bond acceptors (Lipinski definition) is 4. The van der Waals surface area contributed by atoms with E-state index in [1.807, 2.05) is 18.4 Å². The maximum absolute atomic E-state index is 5.52. The molecule has 23 heavy (non-hydrogen) atoms. The Kier molecular flexibility index (Phi) is 7.33. The van der Waals surface area contributed by atoms with Gasteiger partial charge in [-0.1, -0.05) is 6.07 Å². The largest absolute Gasteiger partial charge is 0.379 e. The Morgan fingerprint density at radius 3 is 3.09 bits per heavy atom. The van der Waals surface area contributed by atoms with E-state index in [4.69, 9.17) is 4.74 Å². The molecule has 1 aliphatic rings. The number of nitrogens with one attached hydrogen (secondary N) is 1. The van der Waals surface area contributed by atoms with Crippen molar-refractivity contribution < 1.29 is 4.74 Å². The molecule has 0 saturated carbocycles. The van der Waals surface area contributed by atoms with Crippen LogP contribution in [0.1, 0.15) is 18.7 Å². The highest BCUT2D eigenvalue weighted by Gasteiger charge is 2.23. The summed E-state index contributed by atoms with van der Waals surface area (Å²) in [5, 5.41) is 5.65. The molecule has 0 aromatic carbocycles. The van der Waals surface area contributed by atoms with Gasteiger partial charge in [0, 0.05) is 50.7 Å². The summed E-state index contributed by atoms with van der Waals surface area (Å²) in [5.41, 5.74) is 0. The first-order valence-electron chi connectivity index (χ1n) is 8.39. The molecule has 0 bridgehead atoms. The van der Waals surface area contributed by atoms with Gasteiger partial charge in [-0.2, -0.15) is 0 Å². The number of rotatable bonds is 6. The van der Waals surface area contributed by atoms with Crippen LogP contribution < -0.4 is 5.32 Å². The molecule has 5 nitrogen and oxygen atoms in total. The summed E-state index contributed by atoms with van der Waals surface area (Å²) in [7, 11) is 3.96. The fourth-order valence-corrected chi connectivity index (χ4v) is 3.67. The predicted octanol–water partition coefficient (Wildman–Crippen LogP) is 1.91. The standard InChI is InChI=1S/C17H30N4OS/c1-14(21-9-10-22-13-15(21)2)12-19-17(18-3)20(4)8-7-16-6-5-11-23-16/h5-6,11,14-15H,7-10,12-13H2,1-4H3,(H,18,19). The summed E-state index contributed by atoms with van der Waals surface area (Å²) >= 11 is 1.82. The van der Waals surface area contributed by atoms with Crippen LogP contribution in [-0.2, 0) is 11.2 Å². The van der Waals surface area contributed by atoms with Crippen molar-refractivity contribution in [2.45, 2.75) is 32.4 Å². The van der Waals surface area contributed by atoms with E-state index < -0.39 is 0 Å². The second-order valence-corrected chi connectivity index (χ2v) is 7.22. The van der Waals surface area contributed by atoms with Gasteiger partial charge in [0.15, 0.2) is 5.96 Å². The molecule has 0 radical (unpaired) electrons. The Bertz CT molecular complexity index is 477. The van der Waals surface area contributed by atoms with Crippen molar-refractivity contribution >= 4 is 17.3 Å². The highest BCUT2D eigenvalue weighted by molar-refractivity contribution is 7.09. The normalized spacial score (nSPS) is 21.2. The van der Waals surface area contributed by atoms with Crippen molar-refractivity contribution in [1.82, 2.24) is 15.1 Å². The van der Waals surface area contributed by atoms with Gasteiger partial charge in [0.25, 0.3) is 0 Å². The lowest BCUT2D eigenvalue weighted by molar-refractivity contribution is -0.0174. The molecule has 2 unspecified atom stereocenters. The average Bonchev–Trinajstić information content (AvgIpc) is 3.07. The zero-order valence-electron chi connectivity index (χ0n) is 14.8. The van der Waals surface area contributed by atoms with Gasteiger partial charge < -0.3 is 15.0 Å². The smallest absolute Gasteiger partial charge is 0.193 e. The van der Waals surface area contributed by atoms with E-state index in [-0.39, 0.29) is 0 Å². The Hall–Kier alpha value is -1.11. The molecule has 0 spiro atoms. The van der Waals surface area contributed by atoms with Crippen molar-refractivity contribution in [2.75, 3.05) is 46.9 Å². The van der Waals surface area contributed by atoms with Gasteiger partial charge in [0.1, 0.15) is 0 Å². The van der Waals surface area contributed by atoms with E-state index >= 15 is 0 Å². The van der Waals surface area contributed by atoms with E-state index in [0.717, 1.165) is 45.2 Å². The summed E-state index contributed by atoms with van der Waals surface area (Å²) in [6.45, 7) is 9.06. The third-order valence-corrected chi connectivity index (χ3v) is 5.32. The molecule has 6 heteroatoms. The van der Waals surface area contributed by atoms with Gasteiger partial charge in [-0.15, -0.1) is 11.3 Å². The lowest BCUT2D eigenvalue weighted by Crippen LogP contribution is -2.53. The summed E-state index contributed by atoms with van der Waals surface area (Å²) in [6.07, 6.45) is 1.06. The Morgan fingerprint density at radius 2 is 2.43 bits per heavy atom. The van der Waals surface area contributed by atoms with Crippen LogP contribution in [0.4, 0.5) is 0 Å². The Labute approximate surface area is 144 Å². The molecular formula is C17H30N4OS. The van der Waals surface area contributed by atoms with Crippen LogP contribution >= 0.6 is 11.3 Å². The molecule has 1 N–H and O–H groups in total. The lowest BCUT2D eigenvalue weighted by atomic mass is 10.2. The monoisotopic (exact) mass is 338 g/mol. The molecule has 0 amide bonds. The highest BCUT2D eigenvalue weighted by Crippen LogP contribution is 2.11. The SMILES string of the molecule is CN=C(NCC(C)N1CCOCC1C)N(C)CCc1cccs1. The fourth-order valence-electron chi connectivity index (χ4n) is 2.97. The van der Waals surface area contributed by atoms with Crippen molar-refractivity contribution in [3.8, 4) is 0 Å². The number of ether oxygens (including phenoxy) is 1. The number of guanidine groups is 1. The molecule has 1 aromatic rings. The van der Waals surface area contributed by atoms with E-state index in [1.54, 1.807) is 0 Å². The maximum atomic E-state index is 5.52. The minimum absolute atomic E-state index is 0.469. The zero-order valence-corrected chi connectivity index (χ0v) is 15.6. The van der Waals surface area contributed by atoms with Crippen LogP contribution in [-0.4, -0.2) is 74.8 Å². The second kappa shape index (κ2) is 9.25.